The van der Waals surface area contributed by atoms with Gasteiger partial charge in [0.1, 0.15) is 17.1 Å². The molecule has 0 saturated carbocycles. The normalized spacial score (nSPS) is 13.6. The maximum atomic E-state index is 11.1. The van der Waals surface area contributed by atoms with Crippen LogP contribution in [-0.4, -0.2) is 19.3 Å². The second kappa shape index (κ2) is 5.78. The number of benzene rings is 2. The molecule has 1 N–H and O–H groups in total. The molecule has 112 valence electrons. The second-order valence-electron chi connectivity index (χ2n) is 5.51. The van der Waals surface area contributed by atoms with Crippen LogP contribution in [0.15, 0.2) is 36.4 Å². The first-order valence-electron chi connectivity index (χ1n) is 6.92. The van der Waals surface area contributed by atoms with E-state index in [2.05, 4.69) is 6.07 Å². The molecule has 1 atom stereocenters. The zero-order chi connectivity index (χ0) is 15.6. The highest BCUT2D eigenvalue weighted by Gasteiger charge is 2.29. The van der Waals surface area contributed by atoms with Crippen molar-refractivity contribution in [2.24, 2.45) is 0 Å². The number of ether oxygens (including phenoxy) is 2. The van der Waals surface area contributed by atoms with Gasteiger partial charge >= 0.3 is 0 Å². The number of hydrogen-bond acceptors (Lipinski definition) is 3. The van der Waals surface area contributed by atoms with E-state index in [4.69, 9.17) is 9.47 Å². The summed E-state index contributed by atoms with van der Waals surface area (Å²) >= 11 is 0. The Hall–Kier alpha value is -2.00. The van der Waals surface area contributed by atoms with Crippen molar-refractivity contribution in [2.75, 3.05) is 14.2 Å². The van der Waals surface area contributed by atoms with E-state index >= 15 is 0 Å². The van der Waals surface area contributed by atoms with Gasteiger partial charge in [-0.3, -0.25) is 0 Å². The van der Waals surface area contributed by atoms with Crippen molar-refractivity contribution in [3.8, 4) is 11.5 Å². The van der Waals surface area contributed by atoms with E-state index in [1.165, 1.54) is 0 Å². The van der Waals surface area contributed by atoms with Gasteiger partial charge in [0, 0.05) is 11.6 Å². The van der Waals surface area contributed by atoms with Gasteiger partial charge in [-0.05, 0) is 38.5 Å². The van der Waals surface area contributed by atoms with Crippen LogP contribution in [-0.2, 0) is 5.60 Å². The van der Waals surface area contributed by atoms with Crippen LogP contribution in [0.3, 0.4) is 0 Å². The fourth-order valence-corrected chi connectivity index (χ4v) is 2.61. The molecule has 0 heterocycles. The maximum Gasteiger partial charge on any atom is 0.128 e. The van der Waals surface area contributed by atoms with Crippen molar-refractivity contribution < 1.29 is 14.6 Å². The summed E-state index contributed by atoms with van der Waals surface area (Å²) in [5.41, 5.74) is 2.68. The Morgan fingerprint density at radius 3 is 2.05 bits per heavy atom. The molecule has 2 aromatic rings. The third-order valence-corrected chi connectivity index (χ3v) is 3.72. The van der Waals surface area contributed by atoms with Crippen molar-refractivity contribution in [1.29, 1.82) is 0 Å². The molecule has 0 amide bonds. The van der Waals surface area contributed by atoms with Crippen LogP contribution < -0.4 is 9.47 Å². The van der Waals surface area contributed by atoms with Crippen molar-refractivity contribution in [2.45, 2.75) is 26.4 Å². The van der Waals surface area contributed by atoms with Crippen LogP contribution in [0.1, 0.15) is 29.2 Å². The lowest BCUT2D eigenvalue weighted by molar-refractivity contribution is 0.0987. The lowest BCUT2D eigenvalue weighted by Gasteiger charge is -2.27. The fraction of sp³-hybridized carbons (Fsp3) is 0.333. The van der Waals surface area contributed by atoms with Crippen molar-refractivity contribution in [3.63, 3.8) is 0 Å². The molecule has 0 aliphatic carbocycles. The van der Waals surface area contributed by atoms with Crippen LogP contribution in [0.2, 0.25) is 0 Å². The van der Waals surface area contributed by atoms with Gasteiger partial charge in [-0.25, -0.2) is 0 Å². The number of rotatable bonds is 4. The third kappa shape index (κ3) is 3.03. The topological polar surface area (TPSA) is 38.7 Å². The Kier molecular flexibility index (Phi) is 4.24. The van der Waals surface area contributed by atoms with Gasteiger partial charge in [-0.2, -0.15) is 0 Å². The van der Waals surface area contributed by atoms with Crippen LogP contribution in [0, 0.1) is 13.8 Å². The Balaban J connectivity index is 2.57. The third-order valence-electron chi connectivity index (χ3n) is 3.72. The van der Waals surface area contributed by atoms with Gasteiger partial charge in [-0.1, -0.05) is 29.3 Å². The van der Waals surface area contributed by atoms with E-state index in [1.54, 1.807) is 27.2 Å². The SMILES string of the molecule is COc1ccc(C(C)(O)c2cc(C)cc(C)c2)c(OC)c1. The molecular formula is C18H22O3. The molecule has 0 spiro atoms. The smallest absolute Gasteiger partial charge is 0.128 e. The predicted molar refractivity (Wildman–Crippen MR) is 84.1 cm³/mol. The zero-order valence-electron chi connectivity index (χ0n) is 13.2. The molecule has 1 unspecified atom stereocenters. The summed E-state index contributed by atoms with van der Waals surface area (Å²) < 4.78 is 10.6. The first-order chi connectivity index (χ1) is 9.88. The summed E-state index contributed by atoms with van der Waals surface area (Å²) in [4.78, 5) is 0. The molecule has 0 aliphatic heterocycles. The van der Waals surface area contributed by atoms with Gasteiger partial charge in [0.05, 0.1) is 14.2 Å². The molecule has 2 rings (SSSR count). The van der Waals surface area contributed by atoms with Crippen LogP contribution in [0.4, 0.5) is 0 Å². The molecule has 3 nitrogen and oxygen atoms in total. The van der Waals surface area contributed by atoms with E-state index < -0.39 is 5.60 Å². The minimum absolute atomic E-state index is 0.610. The Bertz CT molecular complexity index is 625. The zero-order valence-corrected chi connectivity index (χ0v) is 13.2. The predicted octanol–water partition coefficient (Wildman–Crippen LogP) is 3.58. The lowest BCUT2D eigenvalue weighted by atomic mass is 9.86. The van der Waals surface area contributed by atoms with Crippen molar-refractivity contribution >= 4 is 0 Å². The average molecular weight is 286 g/mol. The van der Waals surface area contributed by atoms with E-state index in [0.717, 1.165) is 22.3 Å². The van der Waals surface area contributed by atoms with E-state index in [-0.39, 0.29) is 0 Å². The summed E-state index contributed by atoms with van der Waals surface area (Å²) in [5, 5.41) is 11.1. The molecule has 3 heteroatoms. The highest BCUT2D eigenvalue weighted by molar-refractivity contribution is 5.49. The van der Waals surface area contributed by atoms with Gasteiger partial charge in [0.15, 0.2) is 0 Å². The minimum atomic E-state index is -1.13. The lowest BCUT2D eigenvalue weighted by Crippen LogP contribution is -2.24. The number of aliphatic hydroxyl groups is 1. The average Bonchev–Trinajstić information content (AvgIpc) is 2.45. The monoisotopic (exact) mass is 286 g/mol. The molecule has 0 saturated heterocycles. The quantitative estimate of drug-likeness (QED) is 0.933. The minimum Gasteiger partial charge on any atom is -0.497 e. The Labute approximate surface area is 126 Å². The summed E-state index contributed by atoms with van der Waals surface area (Å²) in [6.07, 6.45) is 0. The Morgan fingerprint density at radius 1 is 0.905 bits per heavy atom. The summed E-state index contributed by atoms with van der Waals surface area (Å²) in [6.45, 7) is 5.83. The van der Waals surface area contributed by atoms with E-state index in [1.807, 2.05) is 38.1 Å². The molecule has 21 heavy (non-hydrogen) atoms. The number of aryl methyl sites for hydroxylation is 2. The van der Waals surface area contributed by atoms with Gasteiger partial charge in [0.2, 0.25) is 0 Å². The highest BCUT2D eigenvalue weighted by Crippen LogP contribution is 2.37. The molecule has 0 radical (unpaired) electrons. The van der Waals surface area contributed by atoms with Crippen molar-refractivity contribution in [1.82, 2.24) is 0 Å². The molecule has 0 aliphatic rings. The first-order valence-corrected chi connectivity index (χ1v) is 6.92. The van der Waals surface area contributed by atoms with E-state index in [0.29, 0.717) is 11.5 Å². The Morgan fingerprint density at radius 2 is 1.52 bits per heavy atom. The van der Waals surface area contributed by atoms with Crippen LogP contribution in [0.25, 0.3) is 0 Å². The van der Waals surface area contributed by atoms with Gasteiger partial charge < -0.3 is 14.6 Å². The van der Waals surface area contributed by atoms with Crippen LogP contribution >= 0.6 is 0 Å². The first kappa shape index (κ1) is 15.4. The van der Waals surface area contributed by atoms with E-state index in [9.17, 15) is 5.11 Å². The number of hydrogen-bond donors (Lipinski definition) is 1. The molecule has 0 aromatic heterocycles. The summed E-state index contributed by atoms with van der Waals surface area (Å²) in [5.74, 6) is 1.31. The van der Waals surface area contributed by atoms with Crippen LogP contribution in [0.5, 0.6) is 11.5 Å². The van der Waals surface area contributed by atoms with Crippen molar-refractivity contribution in [3.05, 3.63) is 58.7 Å². The molecule has 0 fully saturated rings. The standard InChI is InChI=1S/C18H22O3/c1-12-8-13(2)10-14(9-12)18(3,19)16-7-6-15(20-4)11-17(16)21-5/h6-11,19H,1-5H3. The summed E-state index contributed by atoms with van der Waals surface area (Å²) in [6, 6.07) is 11.5. The highest BCUT2D eigenvalue weighted by atomic mass is 16.5. The van der Waals surface area contributed by atoms with Gasteiger partial charge in [0.25, 0.3) is 0 Å². The number of methoxy groups -OCH3 is 2. The molecule has 2 aromatic carbocycles. The van der Waals surface area contributed by atoms with Gasteiger partial charge in [-0.15, -0.1) is 0 Å². The largest absolute Gasteiger partial charge is 0.497 e. The fourth-order valence-electron chi connectivity index (χ4n) is 2.61. The summed E-state index contributed by atoms with van der Waals surface area (Å²) in [7, 11) is 3.20. The maximum absolute atomic E-state index is 11.1. The molecular weight excluding hydrogens is 264 g/mol. The molecule has 0 bridgehead atoms. The second-order valence-corrected chi connectivity index (χ2v) is 5.51.